The van der Waals surface area contributed by atoms with E-state index in [0.29, 0.717) is 16.6 Å². The van der Waals surface area contributed by atoms with Crippen molar-refractivity contribution in [3.8, 4) is 0 Å². The van der Waals surface area contributed by atoms with Gasteiger partial charge >= 0.3 is 0 Å². The van der Waals surface area contributed by atoms with E-state index in [1.54, 1.807) is 37.2 Å². The highest BCUT2D eigenvalue weighted by Gasteiger charge is 2.11. The predicted octanol–water partition coefficient (Wildman–Crippen LogP) is 3.25. The molecule has 1 N–H and O–H groups in total. The van der Waals surface area contributed by atoms with Crippen molar-refractivity contribution < 1.29 is 4.79 Å². The van der Waals surface area contributed by atoms with Crippen LogP contribution in [0.2, 0.25) is 5.02 Å². The average Bonchev–Trinajstić information content (AvgIpc) is 2.30. The number of anilines is 1. The standard InChI is InChI=1S/C13H19ClN2O/c1-5-9(2)15-12-8-10(6-7-11(12)14)13(17)16(3)4/h6-9,15H,5H2,1-4H3. The Kier molecular flexibility index (Phi) is 4.82. The lowest BCUT2D eigenvalue weighted by molar-refractivity contribution is 0.0827. The molecule has 0 aliphatic rings. The first kappa shape index (κ1) is 13.8. The molecular weight excluding hydrogens is 236 g/mol. The second-order valence-electron chi connectivity index (χ2n) is 4.35. The van der Waals surface area contributed by atoms with Crippen LogP contribution in [-0.2, 0) is 0 Å². The molecule has 0 heterocycles. The molecule has 1 amide bonds. The molecule has 0 aromatic heterocycles. The van der Waals surface area contributed by atoms with Gasteiger partial charge in [-0.05, 0) is 31.5 Å². The molecule has 94 valence electrons. The summed E-state index contributed by atoms with van der Waals surface area (Å²) in [5.41, 5.74) is 1.46. The Labute approximate surface area is 108 Å². The monoisotopic (exact) mass is 254 g/mol. The molecule has 0 saturated heterocycles. The van der Waals surface area contributed by atoms with Crippen LogP contribution in [0.25, 0.3) is 0 Å². The van der Waals surface area contributed by atoms with Crippen molar-refractivity contribution in [2.24, 2.45) is 0 Å². The van der Waals surface area contributed by atoms with Gasteiger partial charge in [0.05, 0.1) is 10.7 Å². The van der Waals surface area contributed by atoms with Crippen molar-refractivity contribution in [2.75, 3.05) is 19.4 Å². The van der Waals surface area contributed by atoms with E-state index in [1.165, 1.54) is 0 Å². The zero-order valence-corrected chi connectivity index (χ0v) is 11.5. The Bertz CT molecular complexity index is 404. The maximum atomic E-state index is 11.8. The van der Waals surface area contributed by atoms with Gasteiger partial charge in [-0.25, -0.2) is 0 Å². The molecule has 0 saturated carbocycles. The van der Waals surface area contributed by atoms with Crippen molar-refractivity contribution in [3.05, 3.63) is 28.8 Å². The molecule has 1 aromatic rings. The molecular formula is C13H19ClN2O. The van der Waals surface area contributed by atoms with Crippen molar-refractivity contribution in [1.82, 2.24) is 4.90 Å². The van der Waals surface area contributed by atoms with Gasteiger partial charge in [-0.3, -0.25) is 4.79 Å². The minimum atomic E-state index is -0.0196. The highest BCUT2D eigenvalue weighted by molar-refractivity contribution is 6.33. The predicted molar refractivity (Wildman–Crippen MR) is 72.8 cm³/mol. The second kappa shape index (κ2) is 5.92. The quantitative estimate of drug-likeness (QED) is 0.895. The number of nitrogens with one attached hydrogen (secondary N) is 1. The fraction of sp³-hybridized carbons (Fsp3) is 0.462. The Morgan fingerprint density at radius 1 is 1.47 bits per heavy atom. The van der Waals surface area contributed by atoms with E-state index in [0.717, 1.165) is 12.1 Å². The smallest absolute Gasteiger partial charge is 0.253 e. The summed E-state index contributed by atoms with van der Waals surface area (Å²) in [7, 11) is 3.47. The van der Waals surface area contributed by atoms with E-state index < -0.39 is 0 Å². The van der Waals surface area contributed by atoms with Crippen molar-refractivity contribution >= 4 is 23.2 Å². The molecule has 17 heavy (non-hydrogen) atoms. The van der Waals surface area contributed by atoms with Crippen LogP contribution < -0.4 is 5.32 Å². The molecule has 1 rings (SSSR count). The number of hydrogen-bond acceptors (Lipinski definition) is 2. The zero-order chi connectivity index (χ0) is 13.0. The third-order valence-electron chi connectivity index (χ3n) is 2.63. The SMILES string of the molecule is CCC(C)Nc1cc(C(=O)N(C)C)ccc1Cl. The third-order valence-corrected chi connectivity index (χ3v) is 2.96. The highest BCUT2D eigenvalue weighted by Crippen LogP contribution is 2.24. The summed E-state index contributed by atoms with van der Waals surface area (Å²) in [6.07, 6.45) is 1.00. The number of rotatable bonds is 4. The summed E-state index contributed by atoms with van der Waals surface area (Å²) < 4.78 is 0. The lowest BCUT2D eigenvalue weighted by atomic mass is 10.1. The Morgan fingerprint density at radius 3 is 2.65 bits per heavy atom. The van der Waals surface area contributed by atoms with Gasteiger partial charge in [-0.2, -0.15) is 0 Å². The summed E-state index contributed by atoms with van der Waals surface area (Å²) in [6.45, 7) is 4.18. The number of amides is 1. The lowest BCUT2D eigenvalue weighted by Crippen LogP contribution is -2.22. The first-order valence-electron chi connectivity index (χ1n) is 5.73. The molecule has 4 heteroatoms. The number of carbonyl (C=O) groups excluding carboxylic acids is 1. The van der Waals surface area contributed by atoms with Crippen LogP contribution in [0.3, 0.4) is 0 Å². The number of benzene rings is 1. The molecule has 1 aromatic carbocycles. The summed E-state index contributed by atoms with van der Waals surface area (Å²) >= 11 is 6.09. The van der Waals surface area contributed by atoms with Gasteiger partial charge in [0.25, 0.3) is 5.91 Å². The van der Waals surface area contributed by atoms with Gasteiger partial charge in [-0.15, -0.1) is 0 Å². The first-order valence-corrected chi connectivity index (χ1v) is 6.11. The molecule has 1 unspecified atom stereocenters. The van der Waals surface area contributed by atoms with E-state index in [1.807, 2.05) is 0 Å². The number of hydrogen-bond donors (Lipinski definition) is 1. The van der Waals surface area contributed by atoms with Crippen LogP contribution in [0.1, 0.15) is 30.6 Å². The second-order valence-corrected chi connectivity index (χ2v) is 4.76. The molecule has 0 radical (unpaired) electrons. The van der Waals surface area contributed by atoms with Gasteiger partial charge < -0.3 is 10.2 Å². The van der Waals surface area contributed by atoms with Gasteiger partial charge in [0, 0.05) is 25.7 Å². The van der Waals surface area contributed by atoms with Crippen molar-refractivity contribution in [2.45, 2.75) is 26.3 Å². The van der Waals surface area contributed by atoms with Gasteiger partial charge in [0.1, 0.15) is 0 Å². The molecule has 3 nitrogen and oxygen atoms in total. The summed E-state index contributed by atoms with van der Waals surface area (Å²) in [5, 5.41) is 3.93. The third kappa shape index (κ3) is 3.63. The number of nitrogens with zero attached hydrogens (tertiary/aromatic N) is 1. The lowest BCUT2D eigenvalue weighted by Gasteiger charge is -2.16. The zero-order valence-electron chi connectivity index (χ0n) is 10.7. The van der Waals surface area contributed by atoms with Crippen molar-refractivity contribution in [1.29, 1.82) is 0 Å². The minimum Gasteiger partial charge on any atom is -0.381 e. The Balaban J connectivity index is 2.98. The Hall–Kier alpha value is -1.22. The molecule has 0 bridgehead atoms. The van der Waals surface area contributed by atoms with Crippen LogP contribution in [0.15, 0.2) is 18.2 Å². The van der Waals surface area contributed by atoms with Crippen LogP contribution in [0.5, 0.6) is 0 Å². The molecule has 0 fully saturated rings. The van der Waals surface area contributed by atoms with E-state index in [-0.39, 0.29) is 5.91 Å². The van der Waals surface area contributed by atoms with Crippen LogP contribution in [0.4, 0.5) is 5.69 Å². The topological polar surface area (TPSA) is 32.3 Å². The van der Waals surface area contributed by atoms with Gasteiger partial charge in [-0.1, -0.05) is 18.5 Å². The summed E-state index contributed by atoms with van der Waals surface area (Å²) in [5.74, 6) is -0.0196. The molecule has 0 aliphatic heterocycles. The normalized spacial score (nSPS) is 12.1. The fourth-order valence-corrected chi connectivity index (χ4v) is 1.57. The Morgan fingerprint density at radius 2 is 2.12 bits per heavy atom. The average molecular weight is 255 g/mol. The summed E-state index contributed by atoms with van der Waals surface area (Å²) in [6, 6.07) is 5.63. The van der Waals surface area contributed by atoms with E-state index >= 15 is 0 Å². The molecule has 0 aliphatic carbocycles. The maximum absolute atomic E-state index is 11.8. The fourth-order valence-electron chi connectivity index (χ4n) is 1.39. The van der Waals surface area contributed by atoms with E-state index in [4.69, 9.17) is 11.6 Å². The van der Waals surface area contributed by atoms with E-state index in [2.05, 4.69) is 19.2 Å². The van der Waals surface area contributed by atoms with Crippen molar-refractivity contribution in [3.63, 3.8) is 0 Å². The highest BCUT2D eigenvalue weighted by atomic mass is 35.5. The van der Waals surface area contributed by atoms with Crippen LogP contribution in [0, 0.1) is 0 Å². The largest absolute Gasteiger partial charge is 0.381 e. The first-order chi connectivity index (χ1) is 7.95. The van der Waals surface area contributed by atoms with Crippen LogP contribution in [-0.4, -0.2) is 30.9 Å². The number of carbonyl (C=O) groups is 1. The van der Waals surface area contributed by atoms with Crippen LogP contribution >= 0.6 is 11.6 Å². The maximum Gasteiger partial charge on any atom is 0.253 e. The molecule has 0 spiro atoms. The van der Waals surface area contributed by atoms with E-state index in [9.17, 15) is 4.79 Å². The molecule has 1 atom stereocenters. The number of halogens is 1. The summed E-state index contributed by atoms with van der Waals surface area (Å²) in [4.78, 5) is 13.4. The minimum absolute atomic E-state index is 0.0196. The van der Waals surface area contributed by atoms with Gasteiger partial charge in [0.15, 0.2) is 0 Å². The van der Waals surface area contributed by atoms with Gasteiger partial charge in [0.2, 0.25) is 0 Å².